The zero-order valence-electron chi connectivity index (χ0n) is 59.7. The van der Waals surface area contributed by atoms with Gasteiger partial charge in [-0.3, -0.25) is 47.9 Å². The first-order chi connectivity index (χ1) is 46.7. The monoisotopic (exact) mass is 1410 g/mol. The topological polar surface area (TPSA) is 399 Å². The number of carbonyl (C=O) groups excluding carboxylic acids is 13. The van der Waals surface area contributed by atoms with E-state index in [0.29, 0.717) is 51.4 Å². The van der Waals surface area contributed by atoms with Crippen LogP contribution in [-0.2, 0) is 129 Å². The Hall–Kier alpha value is -7.95. The van der Waals surface area contributed by atoms with Crippen LogP contribution in [0.15, 0.2) is 0 Å². The van der Waals surface area contributed by atoms with E-state index in [1.807, 2.05) is 27.7 Å². The molecule has 12 rings (SSSR count). The summed E-state index contributed by atoms with van der Waals surface area (Å²) in [5, 5.41) is 18.8. The number of ether oxygens (including phenoxy) is 14. The molecule has 8 bridgehead atoms. The maximum Gasteiger partial charge on any atom is 0.350 e. The van der Waals surface area contributed by atoms with Gasteiger partial charge in [0.05, 0.1) is 53.2 Å². The standard InChI is InChI=1S/C19H25NO6.C18H23NO6.C17H22O9.C17H24O6/c1-6-17(2,3)14(21)26-18(4,5)15(22)24-12-10-7-11-13(12)25-16(23)19(11,8-10)9-20;1-4-17(2,3)15(21)23-6-5-12(20)24-13-10-7-11-14(13)25-16(22)18(11,8-10)9-19;1-5-17(2,3)16(21)23-6-7(18)24-12-10-8(14(19)22-4)9-11(25-10)13(12)26-15(9)20;1-5-17(3,4)16(20)21-8(2)14(18)22-12-9-6-10-11(7-9)15(19)23-13(10)12/h10-13H,6-8H2,1-5H3;10-11,13-14H,4-8H2,1-3H3;8-13H,5-6H2,1-4H3;8-13H,5-7H2,1-4H3. The van der Waals surface area contributed by atoms with E-state index in [1.165, 1.54) is 27.9 Å². The van der Waals surface area contributed by atoms with Crippen molar-refractivity contribution in [3.05, 3.63) is 0 Å². The molecular formula is C71H94N2O27. The zero-order valence-corrected chi connectivity index (χ0v) is 59.7. The van der Waals surface area contributed by atoms with Crippen LogP contribution >= 0.6 is 0 Å². The molecule has 6 aliphatic heterocycles. The number of rotatable bonds is 22. The Morgan fingerprint density at radius 3 is 1.55 bits per heavy atom. The molecule has 6 saturated carbocycles. The highest BCUT2D eigenvalue weighted by molar-refractivity contribution is 5.89. The quantitative estimate of drug-likeness (QED) is 0.0924. The molecule has 6 heterocycles. The normalized spacial score (nSPS) is 35.1. The Kier molecular flexibility index (Phi) is 21.4. The minimum Gasteiger partial charge on any atom is -0.469 e. The van der Waals surface area contributed by atoms with E-state index in [9.17, 15) is 72.9 Å². The van der Waals surface area contributed by atoms with Crippen molar-refractivity contribution in [3.63, 3.8) is 0 Å². The Bertz CT molecular complexity index is 3410. The molecule has 6 aliphatic carbocycles. The smallest absolute Gasteiger partial charge is 0.350 e. The van der Waals surface area contributed by atoms with Crippen LogP contribution in [0.4, 0.5) is 0 Å². The van der Waals surface area contributed by atoms with Crippen LogP contribution in [0.25, 0.3) is 0 Å². The minimum atomic E-state index is -1.44. The average molecular weight is 1410 g/mol. The van der Waals surface area contributed by atoms with Crippen LogP contribution in [0.3, 0.4) is 0 Å². The van der Waals surface area contributed by atoms with Gasteiger partial charge < -0.3 is 66.3 Å². The van der Waals surface area contributed by atoms with Crippen LogP contribution in [-0.4, -0.2) is 171 Å². The molecule has 12 aliphatic rings. The Morgan fingerprint density at radius 1 is 0.530 bits per heavy atom. The molecule has 0 N–H and O–H groups in total. The van der Waals surface area contributed by atoms with E-state index in [-0.39, 0.29) is 72.5 Å². The molecule has 550 valence electrons. The van der Waals surface area contributed by atoms with Crippen LogP contribution in [0.1, 0.15) is 174 Å². The lowest BCUT2D eigenvalue weighted by molar-refractivity contribution is -0.192. The van der Waals surface area contributed by atoms with E-state index in [2.05, 4.69) is 12.1 Å². The summed E-state index contributed by atoms with van der Waals surface area (Å²) < 4.78 is 74.4. The van der Waals surface area contributed by atoms with Crippen molar-refractivity contribution in [2.45, 2.75) is 247 Å². The van der Waals surface area contributed by atoms with Crippen molar-refractivity contribution in [2.24, 2.45) is 85.8 Å². The summed E-state index contributed by atoms with van der Waals surface area (Å²) in [6, 6.07) is 4.24. The third-order valence-electron chi connectivity index (χ3n) is 23.4. The van der Waals surface area contributed by atoms with E-state index in [1.54, 1.807) is 55.4 Å². The molecule has 22 unspecified atom stereocenters. The second-order valence-corrected chi connectivity index (χ2v) is 31.5. The minimum absolute atomic E-state index is 0.0134. The molecule has 0 spiro atoms. The third-order valence-corrected chi connectivity index (χ3v) is 23.4. The van der Waals surface area contributed by atoms with Crippen LogP contribution in [0, 0.1) is 108 Å². The number of fused-ring (bicyclic) bond motifs is 4. The van der Waals surface area contributed by atoms with Crippen molar-refractivity contribution in [1.82, 2.24) is 0 Å². The predicted molar refractivity (Wildman–Crippen MR) is 333 cm³/mol. The van der Waals surface area contributed by atoms with Gasteiger partial charge in [0.1, 0.15) is 67.3 Å². The molecule has 0 radical (unpaired) electrons. The van der Waals surface area contributed by atoms with Crippen molar-refractivity contribution >= 4 is 77.6 Å². The van der Waals surface area contributed by atoms with E-state index in [4.69, 9.17) is 66.3 Å². The van der Waals surface area contributed by atoms with Gasteiger partial charge >= 0.3 is 77.6 Å². The highest BCUT2D eigenvalue weighted by atomic mass is 16.7. The maximum absolute atomic E-state index is 12.6. The molecule has 0 aromatic carbocycles. The highest BCUT2D eigenvalue weighted by Crippen LogP contribution is 2.64. The summed E-state index contributed by atoms with van der Waals surface area (Å²) in [6.07, 6.45) is -0.981. The number of methoxy groups -OCH3 is 1. The molecule has 0 amide bonds. The summed E-state index contributed by atoms with van der Waals surface area (Å²) in [7, 11) is 1.21. The van der Waals surface area contributed by atoms with Gasteiger partial charge in [0.25, 0.3) is 0 Å². The number of nitrogens with zero attached hydrogens (tertiary/aromatic N) is 2. The summed E-state index contributed by atoms with van der Waals surface area (Å²) in [6.45, 7) is 25.5. The van der Waals surface area contributed by atoms with Crippen molar-refractivity contribution < 1.29 is 129 Å². The van der Waals surface area contributed by atoms with Crippen LogP contribution in [0.2, 0.25) is 0 Å². The molecule has 12 fully saturated rings. The van der Waals surface area contributed by atoms with Crippen molar-refractivity contribution in [3.8, 4) is 12.1 Å². The predicted octanol–water partition coefficient (Wildman–Crippen LogP) is 5.71. The number of nitriles is 2. The fourth-order valence-corrected chi connectivity index (χ4v) is 15.5. The summed E-state index contributed by atoms with van der Waals surface area (Å²) >= 11 is 0. The fraction of sp³-hybridized carbons (Fsp3) is 0.789. The van der Waals surface area contributed by atoms with Crippen molar-refractivity contribution in [2.75, 3.05) is 20.3 Å². The Labute approximate surface area is 580 Å². The number of esters is 13. The van der Waals surface area contributed by atoms with E-state index < -0.39 is 183 Å². The molecule has 0 aromatic heterocycles. The maximum atomic E-state index is 12.6. The fourth-order valence-electron chi connectivity index (χ4n) is 15.5. The van der Waals surface area contributed by atoms with Gasteiger partial charge in [-0.15, -0.1) is 0 Å². The molecular weight excluding hydrogens is 1310 g/mol. The number of hydrogen-bond acceptors (Lipinski definition) is 29. The molecule has 29 heteroatoms. The Balaban J connectivity index is 0.000000156. The first kappa shape index (κ1) is 76.2. The molecule has 29 nitrogen and oxygen atoms in total. The van der Waals surface area contributed by atoms with Gasteiger partial charge in [-0.2, -0.15) is 10.5 Å². The number of carbonyl (C=O) groups is 13. The zero-order chi connectivity index (χ0) is 74.1. The van der Waals surface area contributed by atoms with Gasteiger partial charge in [0.15, 0.2) is 35.7 Å². The largest absolute Gasteiger partial charge is 0.469 e. The van der Waals surface area contributed by atoms with Crippen LogP contribution < -0.4 is 0 Å². The highest BCUT2D eigenvalue weighted by Gasteiger charge is 2.75. The second kappa shape index (κ2) is 28.1. The lowest BCUT2D eigenvalue weighted by Crippen LogP contribution is -2.48. The first-order valence-corrected chi connectivity index (χ1v) is 34.7. The van der Waals surface area contributed by atoms with Gasteiger partial charge in [-0.1, -0.05) is 27.7 Å². The van der Waals surface area contributed by atoms with Gasteiger partial charge in [-0.05, 0) is 140 Å². The lowest BCUT2D eigenvalue weighted by atomic mass is 9.74. The molecule has 0 aromatic rings. The van der Waals surface area contributed by atoms with Crippen molar-refractivity contribution in [1.29, 1.82) is 10.5 Å². The van der Waals surface area contributed by atoms with Gasteiger partial charge in [0, 0.05) is 35.5 Å². The SMILES string of the molecule is CCC(C)(C)C(=O)OC(C)(C)C(=O)OC1C2CC3C1OC(=O)C3(C#N)C2.CCC(C)(C)C(=O)OC(C)C(=O)OC1C2CC3C(=O)OC1C3C2.CCC(C)(C)C(=O)OCC(=O)OC1C2OC(=O)C3C2OC1C3C(=O)OC.CCC(C)(C)C(=O)OCCC(=O)OC1C2CC3C1OC(=O)C3(C#N)C2. The molecule has 100 heavy (non-hydrogen) atoms. The number of hydrogen-bond donors (Lipinski definition) is 0. The Morgan fingerprint density at radius 2 is 1.02 bits per heavy atom. The second-order valence-electron chi connectivity index (χ2n) is 31.5. The lowest BCUT2D eigenvalue weighted by Gasteiger charge is -2.32. The molecule has 6 saturated heterocycles. The average Bonchev–Trinajstić information content (AvgIpc) is 1.56. The molecule has 22 atom stereocenters. The van der Waals surface area contributed by atoms with E-state index in [0.717, 1.165) is 12.8 Å². The summed E-state index contributed by atoms with van der Waals surface area (Å²) in [4.78, 5) is 157. The summed E-state index contributed by atoms with van der Waals surface area (Å²) in [5.41, 5.74) is -6.18. The summed E-state index contributed by atoms with van der Waals surface area (Å²) in [5.74, 6) is -8.36. The third kappa shape index (κ3) is 13.7. The van der Waals surface area contributed by atoms with E-state index >= 15 is 0 Å². The van der Waals surface area contributed by atoms with Gasteiger partial charge in [-0.25, -0.2) is 14.4 Å². The van der Waals surface area contributed by atoms with Crippen LogP contribution in [0.5, 0.6) is 0 Å². The first-order valence-electron chi connectivity index (χ1n) is 34.7. The van der Waals surface area contributed by atoms with Gasteiger partial charge in [0.2, 0.25) is 5.60 Å².